The molecule has 0 bridgehead atoms. The van der Waals surface area contributed by atoms with Gasteiger partial charge in [-0.05, 0) is 37.0 Å². The molecule has 21 heavy (non-hydrogen) atoms. The van der Waals surface area contributed by atoms with Crippen LogP contribution in [0, 0.1) is 0 Å². The highest BCUT2D eigenvalue weighted by molar-refractivity contribution is 7.85. The van der Waals surface area contributed by atoms with Crippen molar-refractivity contribution in [2.45, 2.75) is 32.1 Å². The lowest BCUT2D eigenvalue weighted by atomic mass is 10.0. The van der Waals surface area contributed by atoms with E-state index in [0.29, 0.717) is 5.56 Å². The molecule has 0 saturated carbocycles. The van der Waals surface area contributed by atoms with Crippen molar-refractivity contribution in [1.82, 2.24) is 0 Å². The van der Waals surface area contributed by atoms with E-state index in [2.05, 4.69) is 8.92 Å². The number of carbonyl (C=O) groups is 1. The smallest absolute Gasteiger partial charge is 0.337 e. The summed E-state index contributed by atoms with van der Waals surface area (Å²) in [5.74, 6) is -0.326. The second kappa shape index (κ2) is 8.79. The van der Waals surface area contributed by atoms with Gasteiger partial charge in [0.1, 0.15) is 0 Å². The van der Waals surface area contributed by atoms with Crippen LogP contribution in [0.4, 0.5) is 0 Å². The largest absolute Gasteiger partial charge is 0.465 e. The Bertz CT molecular complexity index is 534. The monoisotopic (exact) mass is 314 g/mol. The van der Waals surface area contributed by atoms with Crippen molar-refractivity contribution in [2.75, 3.05) is 20.0 Å². The second-order valence-corrected chi connectivity index (χ2v) is 6.52. The summed E-state index contributed by atoms with van der Waals surface area (Å²) in [6.07, 6.45) is 5.73. The van der Waals surface area contributed by atoms with Gasteiger partial charge in [-0.15, -0.1) is 0 Å². The van der Waals surface area contributed by atoms with Crippen molar-refractivity contribution in [1.29, 1.82) is 0 Å². The predicted molar refractivity (Wildman–Crippen MR) is 80.7 cm³/mol. The van der Waals surface area contributed by atoms with Crippen molar-refractivity contribution in [3.8, 4) is 0 Å². The quantitative estimate of drug-likeness (QED) is 0.398. The molecule has 0 aliphatic rings. The van der Waals surface area contributed by atoms with Crippen molar-refractivity contribution >= 4 is 16.1 Å². The maximum Gasteiger partial charge on any atom is 0.337 e. The van der Waals surface area contributed by atoms with Gasteiger partial charge in [0.05, 0.1) is 25.5 Å². The highest BCUT2D eigenvalue weighted by Gasteiger charge is 2.04. The van der Waals surface area contributed by atoms with E-state index in [-0.39, 0.29) is 12.6 Å². The first-order valence-electron chi connectivity index (χ1n) is 6.94. The number of hydrogen-bond acceptors (Lipinski definition) is 5. The first-order chi connectivity index (χ1) is 9.92. The van der Waals surface area contributed by atoms with Crippen molar-refractivity contribution in [3.05, 3.63) is 35.4 Å². The number of esters is 1. The minimum absolute atomic E-state index is 0.257. The lowest BCUT2D eigenvalue weighted by Gasteiger charge is -2.04. The second-order valence-electron chi connectivity index (χ2n) is 4.88. The summed E-state index contributed by atoms with van der Waals surface area (Å²) in [6, 6.07) is 7.39. The fraction of sp³-hybridized carbons (Fsp3) is 0.533. The summed E-state index contributed by atoms with van der Waals surface area (Å²) >= 11 is 0. The molecule has 1 aromatic rings. The zero-order valence-corrected chi connectivity index (χ0v) is 13.3. The van der Waals surface area contributed by atoms with Crippen LogP contribution < -0.4 is 0 Å². The molecule has 0 spiro atoms. The van der Waals surface area contributed by atoms with Gasteiger partial charge in [0.2, 0.25) is 0 Å². The van der Waals surface area contributed by atoms with Gasteiger partial charge < -0.3 is 4.74 Å². The van der Waals surface area contributed by atoms with E-state index in [4.69, 9.17) is 0 Å². The van der Waals surface area contributed by atoms with Crippen molar-refractivity contribution < 1.29 is 22.1 Å². The van der Waals surface area contributed by atoms with Crippen LogP contribution in [0.2, 0.25) is 0 Å². The lowest BCUT2D eigenvalue weighted by Crippen LogP contribution is -2.03. The molecule has 0 aliphatic carbocycles. The summed E-state index contributed by atoms with van der Waals surface area (Å²) in [5, 5.41) is 0. The third kappa shape index (κ3) is 7.82. The number of benzene rings is 1. The van der Waals surface area contributed by atoms with Gasteiger partial charge in [-0.25, -0.2) is 4.79 Å². The number of unbranched alkanes of at least 4 members (excludes halogenated alkanes) is 3. The summed E-state index contributed by atoms with van der Waals surface area (Å²) in [5.41, 5.74) is 1.73. The first-order valence-corrected chi connectivity index (χ1v) is 8.75. The number of rotatable bonds is 9. The summed E-state index contributed by atoms with van der Waals surface area (Å²) in [7, 11) is -1.95. The van der Waals surface area contributed by atoms with E-state index in [1.54, 1.807) is 12.1 Å². The number of aryl methyl sites for hydroxylation is 1. The predicted octanol–water partition coefficient (Wildman–Crippen LogP) is 2.55. The Morgan fingerprint density at radius 2 is 1.67 bits per heavy atom. The fourth-order valence-electron chi connectivity index (χ4n) is 1.92. The van der Waals surface area contributed by atoms with Crippen molar-refractivity contribution in [2.24, 2.45) is 0 Å². The molecular weight excluding hydrogens is 292 g/mol. The van der Waals surface area contributed by atoms with Gasteiger partial charge in [-0.1, -0.05) is 25.0 Å². The van der Waals surface area contributed by atoms with Gasteiger partial charge in [-0.2, -0.15) is 8.42 Å². The maximum absolute atomic E-state index is 11.3. The van der Waals surface area contributed by atoms with Crippen LogP contribution in [0.3, 0.4) is 0 Å². The molecule has 0 unspecified atom stereocenters. The van der Waals surface area contributed by atoms with Crippen LogP contribution in [0.1, 0.15) is 41.6 Å². The number of ether oxygens (including phenoxy) is 1. The van der Waals surface area contributed by atoms with Crippen molar-refractivity contribution in [3.63, 3.8) is 0 Å². The Kier molecular flexibility index (Phi) is 7.39. The van der Waals surface area contributed by atoms with Crippen LogP contribution in [-0.4, -0.2) is 34.4 Å². The van der Waals surface area contributed by atoms with E-state index in [1.807, 2.05) is 12.1 Å². The molecule has 0 aromatic heterocycles. The zero-order valence-electron chi connectivity index (χ0n) is 12.5. The number of carbonyl (C=O) groups excluding carboxylic acids is 1. The molecular formula is C15H22O5S. The molecule has 118 valence electrons. The SMILES string of the molecule is COC(=O)c1ccc(CCCCCCOS(C)(=O)=O)cc1. The van der Waals surface area contributed by atoms with Gasteiger partial charge in [0.15, 0.2) is 0 Å². The molecule has 0 amide bonds. The molecule has 5 nitrogen and oxygen atoms in total. The average molecular weight is 314 g/mol. The zero-order chi connectivity index (χ0) is 15.7. The average Bonchev–Trinajstić information content (AvgIpc) is 2.45. The Morgan fingerprint density at radius 3 is 2.24 bits per heavy atom. The van der Waals surface area contributed by atoms with Gasteiger partial charge >= 0.3 is 5.97 Å². The maximum atomic E-state index is 11.3. The number of hydrogen-bond donors (Lipinski definition) is 0. The Labute approximate surface area is 126 Å². The van der Waals surface area contributed by atoms with Crippen LogP contribution in [0.25, 0.3) is 0 Å². The third-order valence-corrected chi connectivity index (χ3v) is 3.63. The van der Waals surface area contributed by atoms with Crippen LogP contribution in [0.5, 0.6) is 0 Å². The molecule has 0 heterocycles. The summed E-state index contributed by atoms with van der Waals surface area (Å²) in [6.45, 7) is 0.257. The van der Waals surface area contributed by atoms with E-state index < -0.39 is 10.1 Å². The normalized spacial score (nSPS) is 11.3. The van der Waals surface area contributed by atoms with Crippen LogP contribution >= 0.6 is 0 Å². The van der Waals surface area contributed by atoms with E-state index >= 15 is 0 Å². The highest BCUT2D eigenvalue weighted by atomic mass is 32.2. The first kappa shape index (κ1) is 17.7. The van der Waals surface area contributed by atoms with Crippen LogP contribution in [0.15, 0.2) is 24.3 Å². The molecule has 6 heteroatoms. The molecule has 1 aromatic carbocycles. The topological polar surface area (TPSA) is 69.7 Å². The Morgan fingerprint density at radius 1 is 1.05 bits per heavy atom. The third-order valence-electron chi connectivity index (χ3n) is 3.03. The van der Waals surface area contributed by atoms with Gasteiger partial charge in [-0.3, -0.25) is 4.18 Å². The molecule has 0 fully saturated rings. The molecule has 0 aliphatic heterocycles. The summed E-state index contributed by atoms with van der Waals surface area (Å²) in [4.78, 5) is 11.3. The number of methoxy groups -OCH3 is 1. The van der Waals surface area contributed by atoms with E-state index in [0.717, 1.165) is 38.4 Å². The van der Waals surface area contributed by atoms with Gasteiger partial charge in [0.25, 0.3) is 10.1 Å². The Hall–Kier alpha value is -1.40. The standard InChI is InChI=1S/C15H22O5S/c1-19-15(16)14-10-8-13(9-11-14)7-5-3-4-6-12-20-21(2,17)18/h8-11H,3-7,12H2,1-2H3. The minimum Gasteiger partial charge on any atom is -0.465 e. The summed E-state index contributed by atoms with van der Waals surface area (Å²) < 4.78 is 30.8. The van der Waals surface area contributed by atoms with E-state index in [1.165, 1.54) is 12.7 Å². The molecule has 1 rings (SSSR count). The van der Waals surface area contributed by atoms with Gasteiger partial charge in [0, 0.05) is 0 Å². The lowest BCUT2D eigenvalue weighted by molar-refractivity contribution is 0.0600. The fourth-order valence-corrected chi connectivity index (χ4v) is 2.34. The van der Waals surface area contributed by atoms with Crippen LogP contribution in [-0.2, 0) is 25.5 Å². The molecule has 0 radical (unpaired) electrons. The Balaban J connectivity index is 2.17. The molecule has 0 saturated heterocycles. The molecule has 0 atom stereocenters. The molecule has 0 N–H and O–H groups in total. The highest BCUT2D eigenvalue weighted by Crippen LogP contribution is 2.10. The minimum atomic E-state index is -3.31. The van der Waals surface area contributed by atoms with E-state index in [9.17, 15) is 13.2 Å².